The van der Waals surface area contributed by atoms with Gasteiger partial charge in [-0.2, -0.15) is 0 Å². The zero-order valence-corrected chi connectivity index (χ0v) is 14.8. The van der Waals surface area contributed by atoms with Crippen LogP contribution in [0.3, 0.4) is 0 Å². The maximum Gasteiger partial charge on any atom is 0.320 e. The molecule has 0 saturated carbocycles. The molecule has 0 radical (unpaired) electrons. The first kappa shape index (κ1) is 16.7. The number of carboxylic acids is 1. The van der Waals surface area contributed by atoms with Crippen molar-refractivity contribution in [2.75, 3.05) is 6.54 Å². The van der Waals surface area contributed by atoms with Crippen LogP contribution < -0.4 is 0 Å². The molecule has 1 fully saturated rings. The summed E-state index contributed by atoms with van der Waals surface area (Å²) >= 11 is 0. The summed E-state index contributed by atoms with van der Waals surface area (Å²) in [4.78, 5) is 18.5. The number of fused-ring (bicyclic) bond motifs is 1. The molecule has 3 aromatic rings. The molecule has 0 amide bonds. The van der Waals surface area contributed by atoms with Crippen molar-refractivity contribution in [2.45, 2.75) is 31.8 Å². The summed E-state index contributed by atoms with van der Waals surface area (Å²) < 4.78 is 0. The average molecular weight is 346 g/mol. The van der Waals surface area contributed by atoms with Gasteiger partial charge in [-0.05, 0) is 43.0 Å². The Hall–Kier alpha value is -2.72. The van der Waals surface area contributed by atoms with Crippen molar-refractivity contribution >= 4 is 16.9 Å². The zero-order chi connectivity index (χ0) is 18.1. The van der Waals surface area contributed by atoms with Gasteiger partial charge in [-0.3, -0.25) is 14.7 Å². The van der Waals surface area contributed by atoms with E-state index in [0.717, 1.165) is 35.0 Å². The number of nitrogens with zero attached hydrogens (tertiary/aromatic N) is 2. The molecule has 0 aliphatic carbocycles. The van der Waals surface area contributed by atoms with Crippen LogP contribution in [0.25, 0.3) is 10.9 Å². The Morgan fingerprint density at radius 2 is 1.92 bits per heavy atom. The van der Waals surface area contributed by atoms with Crippen LogP contribution in [0.4, 0.5) is 0 Å². The fourth-order valence-corrected chi connectivity index (χ4v) is 3.92. The third kappa shape index (κ3) is 3.08. The minimum Gasteiger partial charge on any atom is -0.480 e. The lowest BCUT2D eigenvalue weighted by Crippen LogP contribution is -2.39. The van der Waals surface area contributed by atoms with Gasteiger partial charge in [0.15, 0.2) is 0 Å². The van der Waals surface area contributed by atoms with Gasteiger partial charge in [0.2, 0.25) is 0 Å². The van der Waals surface area contributed by atoms with Crippen molar-refractivity contribution in [1.82, 2.24) is 9.88 Å². The second kappa shape index (κ2) is 6.89. The standard InChI is InChI=1S/C22H22N2O2/c1-15-8-10-16(11-9-15)21(24-12-4-7-20(24)22(25)26)18-13-17-5-2-3-6-19(17)23-14-18/h2-3,5-6,8-11,13-14,20-21H,4,7,12H2,1H3,(H,25,26). The average Bonchev–Trinajstić information content (AvgIpc) is 3.13. The minimum atomic E-state index is -0.742. The first-order chi connectivity index (χ1) is 12.6. The van der Waals surface area contributed by atoms with Gasteiger partial charge < -0.3 is 5.11 Å². The highest BCUT2D eigenvalue weighted by atomic mass is 16.4. The summed E-state index contributed by atoms with van der Waals surface area (Å²) in [6, 6.07) is 18.0. The highest BCUT2D eigenvalue weighted by molar-refractivity contribution is 5.79. The molecule has 1 saturated heterocycles. The van der Waals surface area contributed by atoms with Crippen LogP contribution in [0.5, 0.6) is 0 Å². The number of aryl methyl sites for hydroxylation is 1. The van der Waals surface area contributed by atoms with Crippen molar-refractivity contribution < 1.29 is 9.90 Å². The van der Waals surface area contributed by atoms with E-state index in [2.05, 4.69) is 53.2 Å². The Bertz CT molecular complexity index is 936. The number of pyridine rings is 1. The number of benzene rings is 2. The molecular formula is C22H22N2O2. The third-order valence-electron chi connectivity index (χ3n) is 5.23. The van der Waals surface area contributed by atoms with E-state index in [4.69, 9.17) is 0 Å². The lowest BCUT2D eigenvalue weighted by Gasteiger charge is -2.32. The number of hydrogen-bond donors (Lipinski definition) is 1. The van der Waals surface area contributed by atoms with Crippen molar-refractivity contribution in [3.8, 4) is 0 Å². The number of para-hydroxylation sites is 1. The number of rotatable bonds is 4. The van der Waals surface area contributed by atoms with Crippen molar-refractivity contribution in [1.29, 1.82) is 0 Å². The molecule has 4 rings (SSSR count). The first-order valence-electron chi connectivity index (χ1n) is 9.03. The van der Waals surface area contributed by atoms with Crippen LogP contribution in [0.15, 0.2) is 60.8 Å². The molecule has 4 nitrogen and oxygen atoms in total. The maximum atomic E-state index is 11.8. The Kier molecular flexibility index (Phi) is 4.43. The van der Waals surface area contributed by atoms with Crippen molar-refractivity contribution in [3.63, 3.8) is 0 Å². The Morgan fingerprint density at radius 1 is 1.15 bits per heavy atom. The number of aliphatic carboxylic acids is 1. The maximum absolute atomic E-state index is 11.8. The topological polar surface area (TPSA) is 53.4 Å². The molecule has 132 valence electrons. The van der Waals surface area contributed by atoms with E-state index in [0.29, 0.717) is 6.42 Å². The lowest BCUT2D eigenvalue weighted by atomic mass is 9.95. The summed E-state index contributed by atoms with van der Waals surface area (Å²) in [6.45, 7) is 2.84. The molecule has 2 aromatic carbocycles. The molecule has 1 N–H and O–H groups in total. The van der Waals surface area contributed by atoms with E-state index in [9.17, 15) is 9.90 Å². The highest BCUT2D eigenvalue weighted by Gasteiger charge is 2.37. The SMILES string of the molecule is Cc1ccc(C(c2cnc3ccccc3c2)N2CCCC2C(=O)O)cc1. The summed E-state index contributed by atoms with van der Waals surface area (Å²) in [5.74, 6) is -0.742. The second-order valence-electron chi connectivity index (χ2n) is 7.01. The smallest absolute Gasteiger partial charge is 0.320 e. The van der Waals surface area contributed by atoms with Crippen LogP contribution >= 0.6 is 0 Å². The van der Waals surface area contributed by atoms with Gasteiger partial charge in [-0.25, -0.2) is 0 Å². The summed E-state index contributed by atoms with van der Waals surface area (Å²) in [7, 11) is 0. The number of aromatic nitrogens is 1. The molecule has 0 bridgehead atoms. The van der Waals surface area contributed by atoms with Crippen LogP contribution in [-0.2, 0) is 4.79 Å². The number of carboxylic acid groups (broad SMARTS) is 1. The minimum absolute atomic E-state index is 0.101. The Labute approximate surface area is 153 Å². The zero-order valence-electron chi connectivity index (χ0n) is 14.8. The predicted octanol–water partition coefficient (Wildman–Crippen LogP) is 4.18. The van der Waals surface area contributed by atoms with Crippen LogP contribution in [-0.4, -0.2) is 33.5 Å². The molecule has 26 heavy (non-hydrogen) atoms. The van der Waals surface area contributed by atoms with E-state index in [1.54, 1.807) is 0 Å². The number of carbonyl (C=O) groups is 1. The monoisotopic (exact) mass is 346 g/mol. The molecule has 2 atom stereocenters. The quantitative estimate of drug-likeness (QED) is 0.770. The molecule has 2 unspecified atom stereocenters. The molecule has 2 heterocycles. The van der Waals surface area contributed by atoms with Crippen LogP contribution in [0.2, 0.25) is 0 Å². The van der Waals surface area contributed by atoms with Crippen molar-refractivity contribution in [3.05, 3.63) is 77.5 Å². The largest absolute Gasteiger partial charge is 0.480 e. The van der Waals surface area contributed by atoms with E-state index in [-0.39, 0.29) is 6.04 Å². The fourth-order valence-electron chi connectivity index (χ4n) is 3.92. The second-order valence-corrected chi connectivity index (χ2v) is 7.01. The van der Waals surface area contributed by atoms with Crippen molar-refractivity contribution in [2.24, 2.45) is 0 Å². The van der Waals surface area contributed by atoms with E-state index in [1.807, 2.05) is 24.4 Å². The first-order valence-corrected chi connectivity index (χ1v) is 9.03. The molecule has 0 spiro atoms. The van der Waals surface area contributed by atoms with Gasteiger partial charge in [0, 0.05) is 18.1 Å². The van der Waals surface area contributed by atoms with Gasteiger partial charge in [0.25, 0.3) is 0 Å². The molecule has 1 aliphatic heterocycles. The Morgan fingerprint density at radius 3 is 2.69 bits per heavy atom. The number of likely N-dealkylation sites (tertiary alicyclic amines) is 1. The van der Waals surface area contributed by atoms with E-state index < -0.39 is 12.0 Å². The molecule has 1 aliphatic rings. The third-order valence-corrected chi connectivity index (χ3v) is 5.23. The molecule has 1 aromatic heterocycles. The normalized spacial score (nSPS) is 18.9. The summed E-state index contributed by atoms with van der Waals surface area (Å²) in [5.41, 5.74) is 4.30. The molecular weight excluding hydrogens is 324 g/mol. The van der Waals surface area contributed by atoms with Gasteiger partial charge >= 0.3 is 5.97 Å². The van der Waals surface area contributed by atoms with Gasteiger partial charge in [-0.15, -0.1) is 0 Å². The predicted molar refractivity (Wildman–Crippen MR) is 102 cm³/mol. The van der Waals surface area contributed by atoms with Gasteiger partial charge in [0.05, 0.1) is 11.6 Å². The fraction of sp³-hybridized carbons (Fsp3) is 0.273. The number of hydrogen-bond acceptors (Lipinski definition) is 3. The van der Waals surface area contributed by atoms with Gasteiger partial charge in [-0.1, -0.05) is 48.0 Å². The van der Waals surface area contributed by atoms with Crippen LogP contribution in [0, 0.1) is 6.92 Å². The van der Waals surface area contributed by atoms with E-state index in [1.165, 1.54) is 5.56 Å². The Balaban J connectivity index is 1.83. The lowest BCUT2D eigenvalue weighted by molar-refractivity contribution is -0.142. The summed E-state index contributed by atoms with van der Waals surface area (Å²) in [6.07, 6.45) is 3.49. The summed E-state index contributed by atoms with van der Waals surface area (Å²) in [5, 5.41) is 10.8. The highest BCUT2D eigenvalue weighted by Crippen LogP contribution is 2.35. The van der Waals surface area contributed by atoms with Crippen LogP contribution in [0.1, 0.15) is 35.6 Å². The van der Waals surface area contributed by atoms with Gasteiger partial charge in [0.1, 0.15) is 6.04 Å². The molecule has 4 heteroatoms. The van der Waals surface area contributed by atoms with E-state index >= 15 is 0 Å².